The van der Waals surface area contributed by atoms with Crippen LogP contribution in [0.1, 0.15) is 13.3 Å². The van der Waals surface area contributed by atoms with E-state index >= 15 is 0 Å². The third kappa shape index (κ3) is 2.24. The van der Waals surface area contributed by atoms with Crippen molar-refractivity contribution in [3.05, 3.63) is 12.4 Å². The summed E-state index contributed by atoms with van der Waals surface area (Å²) >= 11 is 0. The first-order valence-electron chi connectivity index (χ1n) is 5.68. The molecule has 1 fully saturated rings. The number of nitrogens with zero attached hydrogens (tertiary/aromatic N) is 3. The summed E-state index contributed by atoms with van der Waals surface area (Å²) in [6, 6.07) is 0.520. The number of likely N-dealkylation sites (N-methyl/N-ethyl adjacent to an activating group) is 1. The molecule has 0 aliphatic carbocycles. The standard InChI is InChI=1S/C11H18N4O/c1-3-15(9-4-5-12-6-9)10-7-13-8-11(14-10)16-2/h7-9,12H,3-6H2,1-2H3. The van der Waals surface area contributed by atoms with Crippen LogP contribution >= 0.6 is 0 Å². The molecule has 2 rings (SSSR count). The third-order valence-electron chi connectivity index (χ3n) is 2.92. The Morgan fingerprint density at radius 3 is 3.06 bits per heavy atom. The predicted molar refractivity (Wildman–Crippen MR) is 62.9 cm³/mol. The Morgan fingerprint density at radius 1 is 1.56 bits per heavy atom. The van der Waals surface area contributed by atoms with Gasteiger partial charge >= 0.3 is 0 Å². The number of rotatable bonds is 4. The summed E-state index contributed by atoms with van der Waals surface area (Å²) in [5.41, 5.74) is 0. The monoisotopic (exact) mass is 222 g/mol. The summed E-state index contributed by atoms with van der Waals surface area (Å²) in [4.78, 5) is 10.8. The van der Waals surface area contributed by atoms with Crippen molar-refractivity contribution in [3.63, 3.8) is 0 Å². The highest BCUT2D eigenvalue weighted by Gasteiger charge is 2.22. The highest BCUT2D eigenvalue weighted by Crippen LogP contribution is 2.18. The van der Waals surface area contributed by atoms with Gasteiger partial charge in [-0.3, -0.25) is 4.98 Å². The second-order valence-corrected chi connectivity index (χ2v) is 3.85. The first kappa shape index (κ1) is 11.1. The maximum Gasteiger partial charge on any atom is 0.233 e. The van der Waals surface area contributed by atoms with E-state index < -0.39 is 0 Å². The number of ether oxygens (including phenoxy) is 1. The van der Waals surface area contributed by atoms with E-state index in [1.807, 2.05) is 0 Å². The lowest BCUT2D eigenvalue weighted by atomic mass is 10.2. The fourth-order valence-electron chi connectivity index (χ4n) is 2.09. The lowest BCUT2D eigenvalue weighted by Gasteiger charge is -2.27. The number of hydrogen-bond donors (Lipinski definition) is 1. The summed E-state index contributed by atoms with van der Waals surface area (Å²) in [5, 5.41) is 3.36. The maximum absolute atomic E-state index is 5.10. The largest absolute Gasteiger partial charge is 0.480 e. The van der Waals surface area contributed by atoms with Crippen molar-refractivity contribution >= 4 is 5.82 Å². The van der Waals surface area contributed by atoms with Gasteiger partial charge in [0.2, 0.25) is 5.88 Å². The molecule has 88 valence electrons. The zero-order chi connectivity index (χ0) is 11.4. The molecule has 0 aromatic carbocycles. The molecule has 1 atom stereocenters. The van der Waals surface area contributed by atoms with Gasteiger partial charge in [-0.2, -0.15) is 4.98 Å². The molecule has 16 heavy (non-hydrogen) atoms. The molecule has 1 aromatic heterocycles. The van der Waals surface area contributed by atoms with Gasteiger partial charge in [-0.15, -0.1) is 0 Å². The summed E-state index contributed by atoms with van der Waals surface area (Å²) in [5.74, 6) is 1.47. The van der Waals surface area contributed by atoms with Gasteiger partial charge in [0.1, 0.15) is 0 Å². The van der Waals surface area contributed by atoms with E-state index in [1.54, 1.807) is 19.5 Å². The molecule has 1 aromatic rings. The van der Waals surface area contributed by atoms with E-state index in [1.165, 1.54) is 0 Å². The first-order valence-corrected chi connectivity index (χ1v) is 5.68. The Balaban J connectivity index is 2.18. The van der Waals surface area contributed by atoms with Crippen molar-refractivity contribution < 1.29 is 4.74 Å². The van der Waals surface area contributed by atoms with Crippen LogP contribution in [0.25, 0.3) is 0 Å². The van der Waals surface area contributed by atoms with Crippen LogP contribution in [-0.2, 0) is 0 Å². The van der Waals surface area contributed by atoms with Crippen LogP contribution in [0.5, 0.6) is 5.88 Å². The number of aromatic nitrogens is 2. The van der Waals surface area contributed by atoms with E-state index in [0.717, 1.165) is 31.9 Å². The van der Waals surface area contributed by atoms with Crippen LogP contribution in [0.3, 0.4) is 0 Å². The molecular weight excluding hydrogens is 204 g/mol. The molecular formula is C11H18N4O. The fourth-order valence-corrected chi connectivity index (χ4v) is 2.09. The van der Waals surface area contributed by atoms with Crippen molar-refractivity contribution in [2.45, 2.75) is 19.4 Å². The van der Waals surface area contributed by atoms with Gasteiger partial charge in [-0.1, -0.05) is 0 Å². The maximum atomic E-state index is 5.10. The van der Waals surface area contributed by atoms with Gasteiger partial charge in [-0.25, -0.2) is 0 Å². The quantitative estimate of drug-likeness (QED) is 0.811. The molecule has 1 unspecified atom stereocenters. The van der Waals surface area contributed by atoms with Gasteiger partial charge in [0.25, 0.3) is 0 Å². The minimum absolute atomic E-state index is 0.520. The molecule has 0 radical (unpaired) electrons. The van der Waals surface area contributed by atoms with Crippen molar-refractivity contribution in [1.82, 2.24) is 15.3 Å². The Labute approximate surface area is 95.8 Å². The SMILES string of the molecule is CCN(c1cncc(OC)n1)C1CCNC1. The summed E-state index contributed by atoms with van der Waals surface area (Å²) in [6.07, 6.45) is 4.58. The summed E-state index contributed by atoms with van der Waals surface area (Å²) in [7, 11) is 1.61. The fraction of sp³-hybridized carbons (Fsp3) is 0.636. The zero-order valence-electron chi connectivity index (χ0n) is 9.81. The molecule has 2 heterocycles. The van der Waals surface area contributed by atoms with E-state index in [-0.39, 0.29) is 0 Å². The van der Waals surface area contributed by atoms with Crippen LogP contribution < -0.4 is 15.0 Å². The normalized spacial score (nSPS) is 19.8. The molecule has 0 spiro atoms. The summed E-state index contributed by atoms with van der Waals surface area (Å²) in [6.45, 7) is 5.18. The number of nitrogens with one attached hydrogen (secondary N) is 1. The van der Waals surface area contributed by atoms with E-state index in [2.05, 4.69) is 27.1 Å². The topological polar surface area (TPSA) is 50.3 Å². The molecule has 0 amide bonds. The van der Waals surface area contributed by atoms with Crippen molar-refractivity contribution in [1.29, 1.82) is 0 Å². The zero-order valence-corrected chi connectivity index (χ0v) is 9.81. The average molecular weight is 222 g/mol. The van der Waals surface area contributed by atoms with Gasteiger partial charge in [0, 0.05) is 19.1 Å². The summed E-state index contributed by atoms with van der Waals surface area (Å²) < 4.78 is 5.10. The molecule has 1 N–H and O–H groups in total. The average Bonchev–Trinajstić information content (AvgIpc) is 2.84. The van der Waals surface area contributed by atoms with E-state index in [4.69, 9.17) is 4.74 Å². The van der Waals surface area contributed by atoms with Crippen molar-refractivity contribution in [3.8, 4) is 5.88 Å². The van der Waals surface area contributed by atoms with Crippen molar-refractivity contribution in [2.75, 3.05) is 31.6 Å². The molecule has 5 nitrogen and oxygen atoms in total. The van der Waals surface area contributed by atoms with Gasteiger partial charge in [-0.05, 0) is 19.9 Å². The van der Waals surface area contributed by atoms with Crippen LogP contribution in [0.15, 0.2) is 12.4 Å². The Morgan fingerprint density at radius 2 is 2.44 bits per heavy atom. The van der Waals surface area contributed by atoms with Crippen LogP contribution in [0, 0.1) is 0 Å². The third-order valence-corrected chi connectivity index (χ3v) is 2.92. The molecule has 1 aliphatic rings. The van der Waals surface area contributed by atoms with Crippen LogP contribution in [-0.4, -0.2) is 42.8 Å². The molecule has 0 saturated carbocycles. The highest BCUT2D eigenvalue weighted by molar-refractivity contribution is 5.39. The molecule has 1 aliphatic heterocycles. The first-order chi connectivity index (χ1) is 7.85. The molecule has 1 saturated heterocycles. The Kier molecular flexibility index (Phi) is 3.56. The van der Waals surface area contributed by atoms with Crippen molar-refractivity contribution in [2.24, 2.45) is 0 Å². The van der Waals surface area contributed by atoms with E-state index in [9.17, 15) is 0 Å². The minimum Gasteiger partial charge on any atom is -0.480 e. The second-order valence-electron chi connectivity index (χ2n) is 3.85. The molecule has 5 heteroatoms. The minimum atomic E-state index is 0.520. The van der Waals surface area contributed by atoms with Crippen LogP contribution in [0.4, 0.5) is 5.82 Å². The Bertz CT molecular complexity index is 339. The van der Waals surface area contributed by atoms with Crippen LogP contribution in [0.2, 0.25) is 0 Å². The predicted octanol–water partition coefficient (Wildman–Crippen LogP) is 0.673. The van der Waals surface area contributed by atoms with E-state index in [0.29, 0.717) is 11.9 Å². The lowest BCUT2D eigenvalue weighted by molar-refractivity contribution is 0.395. The highest BCUT2D eigenvalue weighted by atomic mass is 16.5. The molecule has 0 bridgehead atoms. The smallest absolute Gasteiger partial charge is 0.233 e. The number of hydrogen-bond acceptors (Lipinski definition) is 5. The number of anilines is 1. The van der Waals surface area contributed by atoms with Gasteiger partial charge < -0.3 is 15.0 Å². The lowest BCUT2D eigenvalue weighted by Crippen LogP contribution is -2.37. The number of methoxy groups -OCH3 is 1. The van der Waals surface area contributed by atoms with Gasteiger partial charge in [0.15, 0.2) is 5.82 Å². The van der Waals surface area contributed by atoms with Gasteiger partial charge in [0.05, 0.1) is 19.5 Å². The second kappa shape index (κ2) is 5.12. The Hall–Kier alpha value is -1.36.